The molecule has 0 aromatic rings. The number of nitrogens with zero attached hydrogens (tertiary/aromatic N) is 2. The van der Waals surface area contributed by atoms with Crippen molar-refractivity contribution in [1.29, 1.82) is 0 Å². The molecule has 144 valence electrons. The fourth-order valence-electron chi connectivity index (χ4n) is 3.48. The van der Waals surface area contributed by atoms with Gasteiger partial charge < -0.3 is 19.3 Å². The number of ether oxygens (including phenoxy) is 2. The van der Waals surface area contributed by atoms with Crippen molar-refractivity contribution in [3.8, 4) is 0 Å². The van der Waals surface area contributed by atoms with Crippen LogP contribution in [0.5, 0.6) is 0 Å². The summed E-state index contributed by atoms with van der Waals surface area (Å²) in [6.45, 7) is 15.3. The fourth-order valence-corrected chi connectivity index (χ4v) is 3.48. The molecule has 2 heterocycles. The minimum atomic E-state index is 0.386. The molecule has 0 bridgehead atoms. The summed E-state index contributed by atoms with van der Waals surface area (Å²) in [4.78, 5) is 4.80. The van der Waals surface area contributed by atoms with Crippen molar-refractivity contribution in [1.82, 2.24) is 9.80 Å². The van der Waals surface area contributed by atoms with Crippen molar-refractivity contribution in [2.45, 2.75) is 65.6 Å². The van der Waals surface area contributed by atoms with Crippen molar-refractivity contribution in [2.75, 3.05) is 53.5 Å². The van der Waals surface area contributed by atoms with Crippen LogP contribution in [-0.2, 0) is 9.47 Å². The Bertz CT molecular complexity index is 280. The molecule has 2 saturated heterocycles. The van der Waals surface area contributed by atoms with Gasteiger partial charge in [0.15, 0.2) is 0 Å². The van der Waals surface area contributed by atoms with E-state index in [9.17, 15) is 0 Å². The molecule has 4 nitrogen and oxygen atoms in total. The number of rotatable bonds is 6. The largest absolute Gasteiger partial charge is 0.378 e. The van der Waals surface area contributed by atoms with E-state index in [0.29, 0.717) is 12.2 Å². The number of hydrogen-bond acceptors (Lipinski definition) is 4. The predicted octanol–water partition coefficient (Wildman–Crippen LogP) is 3.51. The molecule has 2 fully saturated rings. The third-order valence-corrected chi connectivity index (χ3v) is 4.77. The molecule has 4 heteroatoms. The summed E-state index contributed by atoms with van der Waals surface area (Å²) in [5.41, 5.74) is 0. The molecule has 2 unspecified atom stereocenters. The lowest BCUT2D eigenvalue weighted by Crippen LogP contribution is -2.34. The average molecular weight is 343 g/mol. The standard InChI is InChI=1S/2C10H21NO/c2*1-9(2)12-8-10-5-4-6-11(3)7-10/h2*9-10H,4-8H2,1-3H3. The SMILES string of the molecule is CC(C)OCC1CCCN(C)C1.CC(C)OCC1CCCN(C)C1. The van der Waals surface area contributed by atoms with E-state index in [1.54, 1.807) is 0 Å². The van der Waals surface area contributed by atoms with Gasteiger partial charge in [0.1, 0.15) is 0 Å². The number of likely N-dealkylation sites (tertiary alicyclic amines) is 2. The molecule has 0 amide bonds. The van der Waals surface area contributed by atoms with Gasteiger partial charge in [-0.05, 0) is 92.4 Å². The molecule has 0 N–H and O–H groups in total. The molecule has 0 saturated carbocycles. The van der Waals surface area contributed by atoms with E-state index in [4.69, 9.17) is 9.47 Å². The first-order valence-corrected chi connectivity index (χ1v) is 9.97. The van der Waals surface area contributed by atoms with Crippen molar-refractivity contribution in [3.63, 3.8) is 0 Å². The Morgan fingerprint density at radius 1 is 0.750 bits per heavy atom. The van der Waals surface area contributed by atoms with Crippen LogP contribution in [0.25, 0.3) is 0 Å². The van der Waals surface area contributed by atoms with Gasteiger partial charge in [0.25, 0.3) is 0 Å². The van der Waals surface area contributed by atoms with E-state index >= 15 is 0 Å². The summed E-state index contributed by atoms with van der Waals surface area (Å²) in [5, 5.41) is 0. The third-order valence-electron chi connectivity index (χ3n) is 4.77. The van der Waals surface area contributed by atoms with Crippen LogP contribution >= 0.6 is 0 Å². The summed E-state index contributed by atoms with van der Waals surface area (Å²) in [6, 6.07) is 0. The van der Waals surface area contributed by atoms with E-state index < -0.39 is 0 Å². The lowest BCUT2D eigenvalue weighted by atomic mass is 9.99. The molecular formula is C20H42N2O2. The second kappa shape index (κ2) is 12.2. The van der Waals surface area contributed by atoms with Crippen LogP contribution in [0.2, 0.25) is 0 Å². The van der Waals surface area contributed by atoms with Crippen LogP contribution in [0, 0.1) is 11.8 Å². The second-order valence-corrected chi connectivity index (χ2v) is 8.31. The first-order valence-electron chi connectivity index (χ1n) is 9.97. The van der Waals surface area contributed by atoms with Gasteiger partial charge in [-0.3, -0.25) is 0 Å². The topological polar surface area (TPSA) is 24.9 Å². The molecule has 0 radical (unpaired) electrons. The summed E-state index contributed by atoms with van der Waals surface area (Å²) < 4.78 is 11.2. The predicted molar refractivity (Wildman–Crippen MR) is 103 cm³/mol. The fraction of sp³-hybridized carbons (Fsp3) is 1.00. The third kappa shape index (κ3) is 10.7. The Labute approximate surface area is 150 Å². The minimum Gasteiger partial charge on any atom is -0.378 e. The van der Waals surface area contributed by atoms with E-state index in [1.807, 2.05) is 0 Å². The Kier molecular flexibility index (Phi) is 11.2. The van der Waals surface area contributed by atoms with E-state index in [0.717, 1.165) is 25.0 Å². The zero-order valence-electron chi connectivity index (χ0n) is 17.1. The maximum Gasteiger partial charge on any atom is 0.0519 e. The molecule has 24 heavy (non-hydrogen) atoms. The molecule has 2 rings (SSSR count). The zero-order chi connectivity index (χ0) is 17.9. The van der Waals surface area contributed by atoms with Crippen LogP contribution in [0.4, 0.5) is 0 Å². The highest BCUT2D eigenvalue weighted by atomic mass is 16.5. The molecule has 2 aliphatic rings. The first-order chi connectivity index (χ1) is 11.4. The highest BCUT2D eigenvalue weighted by Gasteiger charge is 2.18. The van der Waals surface area contributed by atoms with Gasteiger partial charge in [-0.15, -0.1) is 0 Å². The molecule has 0 aromatic heterocycles. The minimum absolute atomic E-state index is 0.386. The van der Waals surface area contributed by atoms with Gasteiger partial charge in [0.05, 0.1) is 25.4 Å². The van der Waals surface area contributed by atoms with Crippen LogP contribution in [-0.4, -0.2) is 75.5 Å². The summed E-state index contributed by atoms with van der Waals surface area (Å²) in [5.74, 6) is 1.54. The lowest BCUT2D eigenvalue weighted by molar-refractivity contribution is 0.0302. The number of piperidine rings is 2. The molecule has 0 aromatic carbocycles. The number of hydrogen-bond donors (Lipinski definition) is 0. The van der Waals surface area contributed by atoms with Gasteiger partial charge in [-0.25, -0.2) is 0 Å². The summed E-state index contributed by atoms with van der Waals surface area (Å²) >= 11 is 0. The van der Waals surface area contributed by atoms with Crippen LogP contribution in [0.15, 0.2) is 0 Å². The van der Waals surface area contributed by atoms with E-state index in [-0.39, 0.29) is 0 Å². The summed E-state index contributed by atoms with van der Waals surface area (Å²) in [6.07, 6.45) is 6.13. The Morgan fingerprint density at radius 2 is 1.12 bits per heavy atom. The van der Waals surface area contributed by atoms with Gasteiger partial charge in [0, 0.05) is 13.1 Å². The van der Waals surface area contributed by atoms with Gasteiger partial charge >= 0.3 is 0 Å². The first kappa shape index (κ1) is 21.9. The molecule has 0 spiro atoms. The average Bonchev–Trinajstić information content (AvgIpc) is 2.52. The Hall–Kier alpha value is -0.160. The highest BCUT2D eigenvalue weighted by molar-refractivity contribution is 4.70. The van der Waals surface area contributed by atoms with Crippen molar-refractivity contribution in [2.24, 2.45) is 11.8 Å². The van der Waals surface area contributed by atoms with Crippen molar-refractivity contribution < 1.29 is 9.47 Å². The highest BCUT2D eigenvalue weighted by Crippen LogP contribution is 2.16. The smallest absolute Gasteiger partial charge is 0.0519 e. The van der Waals surface area contributed by atoms with Gasteiger partial charge in [-0.2, -0.15) is 0 Å². The maximum atomic E-state index is 5.60. The van der Waals surface area contributed by atoms with Crippen LogP contribution < -0.4 is 0 Å². The normalized spacial score (nSPS) is 26.5. The Balaban J connectivity index is 0.000000240. The molecule has 2 atom stereocenters. The van der Waals surface area contributed by atoms with Gasteiger partial charge in [-0.1, -0.05) is 0 Å². The zero-order valence-corrected chi connectivity index (χ0v) is 17.1. The van der Waals surface area contributed by atoms with Crippen LogP contribution in [0.1, 0.15) is 53.4 Å². The van der Waals surface area contributed by atoms with Gasteiger partial charge in [0.2, 0.25) is 0 Å². The molecule has 0 aliphatic carbocycles. The molecule has 2 aliphatic heterocycles. The lowest BCUT2D eigenvalue weighted by Gasteiger charge is -2.29. The quantitative estimate of drug-likeness (QED) is 0.737. The van der Waals surface area contributed by atoms with Crippen LogP contribution in [0.3, 0.4) is 0 Å². The monoisotopic (exact) mass is 342 g/mol. The maximum absolute atomic E-state index is 5.60. The Morgan fingerprint density at radius 3 is 1.42 bits per heavy atom. The van der Waals surface area contributed by atoms with E-state index in [1.165, 1.54) is 51.9 Å². The second-order valence-electron chi connectivity index (χ2n) is 8.31. The van der Waals surface area contributed by atoms with E-state index in [2.05, 4.69) is 51.6 Å². The van der Waals surface area contributed by atoms with Crippen molar-refractivity contribution in [3.05, 3.63) is 0 Å². The molecular weight excluding hydrogens is 300 g/mol. The van der Waals surface area contributed by atoms with Crippen molar-refractivity contribution >= 4 is 0 Å². The summed E-state index contributed by atoms with van der Waals surface area (Å²) in [7, 11) is 4.39.